The number of piperidine rings is 1. The molecule has 100 valence electrons. The lowest BCUT2D eigenvalue weighted by atomic mass is 9.87. The van der Waals surface area contributed by atoms with Gasteiger partial charge in [-0.05, 0) is 53.8 Å². The molecule has 0 aliphatic carbocycles. The van der Waals surface area contributed by atoms with E-state index < -0.39 is 5.41 Å². The Labute approximate surface area is 105 Å². The van der Waals surface area contributed by atoms with Gasteiger partial charge in [0.05, 0.1) is 12.5 Å². The summed E-state index contributed by atoms with van der Waals surface area (Å²) in [6.07, 6.45) is 2.25. The van der Waals surface area contributed by atoms with Crippen molar-refractivity contribution in [1.29, 1.82) is 0 Å². The van der Waals surface area contributed by atoms with E-state index in [0.29, 0.717) is 0 Å². The predicted molar refractivity (Wildman–Crippen MR) is 68.9 cm³/mol. The lowest BCUT2D eigenvalue weighted by Gasteiger charge is -2.41. The molecule has 0 bridgehead atoms. The molecule has 4 nitrogen and oxygen atoms in total. The van der Waals surface area contributed by atoms with Crippen LogP contribution in [0.4, 0.5) is 0 Å². The number of esters is 1. The summed E-state index contributed by atoms with van der Waals surface area (Å²) in [5, 5.41) is 3.38. The van der Waals surface area contributed by atoms with Crippen molar-refractivity contribution < 1.29 is 9.53 Å². The second-order valence-electron chi connectivity index (χ2n) is 5.96. The molecule has 17 heavy (non-hydrogen) atoms. The molecular weight excluding hydrogens is 216 g/mol. The summed E-state index contributed by atoms with van der Waals surface area (Å²) in [5.41, 5.74) is -0.159. The van der Waals surface area contributed by atoms with Crippen LogP contribution in [0.15, 0.2) is 0 Å². The van der Waals surface area contributed by atoms with E-state index in [9.17, 15) is 4.79 Å². The van der Waals surface area contributed by atoms with Crippen LogP contribution in [-0.2, 0) is 9.53 Å². The van der Waals surface area contributed by atoms with Gasteiger partial charge >= 0.3 is 5.97 Å². The van der Waals surface area contributed by atoms with Gasteiger partial charge in [0, 0.05) is 12.1 Å². The van der Waals surface area contributed by atoms with Gasteiger partial charge < -0.3 is 15.0 Å². The SMILES string of the molecule is CNC1(C)CCN(CC(C)(C)C(=O)OC)CC1. The molecule has 0 amide bonds. The summed E-state index contributed by atoms with van der Waals surface area (Å²) in [4.78, 5) is 14.0. The van der Waals surface area contributed by atoms with Crippen LogP contribution >= 0.6 is 0 Å². The third kappa shape index (κ3) is 3.68. The Bertz CT molecular complexity index is 269. The first-order valence-corrected chi connectivity index (χ1v) is 6.33. The fourth-order valence-corrected chi connectivity index (χ4v) is 2.35. The third-order valence-corrected chi connectivity index (χ3v) is 3.92. The summed E-state index contributed by atoms with van der Waals surface area (Å²) in [6.45, 7) is 9.01. The van der Waals surface area contributed by atoms with Crippen molar-refractivity contribution in [3.63, 3.8) is 0 Å². The zero-order chi connectivity index (χ0) is 13.1. The quantitative estimate of drug-likeness (QED) is 0.754. The van der Waals surface area contributed by atoms with Gasteiger partial charge in [-0.1, -0.05) is 0 Å². The van der Waals surface area contributed by atoms with Crippen molar-refractivity contribution >= 4 is 5.97 Å². The minimum Gasteiger partial charge on any atom is -0.469 e. The lowest BCUT2D eigenvalue weighted by Crippen LogP contribution is -2.52. The van der Waals surface area contributed by atoms with Crippen LogP contribution in [0.5, 0.6) is 0 Å². The average Bonchev–Trinajstić information content (AvgIpc) is 2.31. The normalized spacial score (nSPS) is 21.2. The maximum Gasteiger partial charge on any atom is 0.312 e. The summed E-state index contributed by atoms with van der Waals surface area (Å²) < 4.78 is 4.84. The molecule has 0 aromatic heterocycles. The van der Waals surface area contributed by atoms with Crippen molar-refractivity contribution in [3.05, 3.63) is 0 Å². The van der Waals surface area contributed by atoms with Gasteiger partial charge in [-0.15, -0.1) is 0 Å². The second-order valence-corrected chi connectivity index (χ2v) is 5.96. The molecule has 0 spiro atoms. The molecule has 1 heterocycles. The largest absolute Gasteiger partial charge is 0.469 e. The Balaban J connectivity index is 2.48. The Hall–Kier alpha value is -0.610. The monoisotopic (exact) mass is 242 g/mol. The number of nitrogens with zero attached hydrogens (tertiary/aromatic N) is 1. The number of nitrogens with one attached hydrogen (secondary N) is 1. The highest BCUT2D eigenvalue weighted by Crippen LogP contribution is 2.25. The van der Waals surface area contributed by atoms with Crippen LogP contribution in [0.3, 0.4) is 0 Å². The van der Waals surface area contributed by atoms with Crippen LogP contribution in [0.1, 0.15) is 33.6 Å². The van der Waals surface area contributed by atoms with Gasteiger partial charge in [-0.25, -0.2) is 0 Å². The molecule has 1 saturated heterocycles. The Morgan fingerprint density at radius 3 is 2.35 bits per heavy atom. The highest BCUT2D eigenvalue weighted by molar-refractivity contribution is 5.76. The molecular formula is C13H26N2O2. The summed E-state index contributed by atoms with van der Waals surface area (Å²) >= 11 is 0. The summed E-state index contributed by atoms with van der Waals surface area (Å²) in [7, 11) is 3.48. The molecule has 0 aromatic rings. The van der Waals surface area contributed by atoms with E-state index in [0.717, 1.165) is 32.5 Å². The number of hydrogen-bond donors (Lipinski definition) is 1. The molecule has 1 rings (SSSR count). The third-order valence-electron chi connectivity index (χ3n) is 3.92. The van der Waals surface area contributed by atoms with Crippen molar-refractivity contribution in [2.75, 3.05) is 33.8 Å². The van der Waals surface area contributed by atoms with Gasteiger partial charge in [0.15, 0.2) is 0 Å². The molecule has 1 aliphatic rings. The van der Waals surface area contributed by atoms with Crippen LogP contribution < -0.4 is 5.32 Å². The molecule has 0 saturated carbocycles. The fraction of sp³-hybridized carbons (Fsp3) is 0.923. The van der Waals surface area contributed by atoms with E-state index in [4.69, 9.17) is 4.74 Å². The molecule has 1 fully saturated rings. The van der Waals surface area contributed by atoms with Crippen LogP contribution in [0.25, 0.3) is 0 Å². The molecule has 4 heteroatoms. The van der Waals surface area contributed by atoms with Crippen molar-refractivity contribution in [2.45, 2.75) is 39.2 Å². The van der Waals surface area contributed by atoms with Crippen molar-refractivity contribution in [2.24, 2.45) is 5.41 Å². The molecule has 0 atom stereocenters. The highest BCUT2D eigenvalue weighted by Gasteiger charge is 2.34. The zero-order valence-corrected chi connectivity index (χ0v) is 11.8. The van der Waals surface area contributed by atoms with E-state index >= 15 is 0 Å². The molecule has 0 aromatic carbocycles. The predicted octanol–water partition coefficient (Wildman–Crippen LogP) is 1.26. The van der Waals surface area contributed by atoms with Crippen LogP contribution in [-0.4, -0.2) is 50.2 Å². The van der Waals surface area contributed by atoms with E-state index in [2.05, 4.69) is 17.1 Å². The number of likely N-dealkylation sites (tertiary alicyclic amines) is 1. The highest BCUT2D eigenvalue weighted by atomic mass is 16.5. The molecule has 1 aliphatic heterocycles. The van der Waals surface area contributed by atoms with Gasteiger partial charge in [0.25, 0.3) is 0 Å². The number of carbonyl (C=O) groups is 1. The smallest absolute Gasteiger partial charge is 0.312 e. The Morgan fingerprint density at radius 1 is 1.41 bits per heavy atom. The minimum atomic E-state index is -0.415. The standard InChI is InChI=1S/C13H26N2O2/c1-12(2,11(16)17-5)10-15-8-6-13(3,14-4)7-9-15/h14H,6-10H2,1-5H3. The Morgan fingerprint density at radius 2 is 1.94 bits per heavy atom. The lowest BCUT2D eigenvalue weighted by molar-refractivity contribution is -0.152. The van der Waals surface area contributed by atoms with Crippen molar-refractivity contribution in [1.82, 2.24) is 10.2 Å². The van der Waals surface area contributed by atoms with Crippen molar-refractivity contribution in [3.8, 4) is 0 Å². The van der Waals surface area contributed by atoms with Gasteiger partial charge in [0.1, 0.15) is 0 Å². The first kappa shape index (κ1) is 14.5. The minimum absolute atomic E-state index is 0.126. The van der Waals surface area contributed by atoms with Gasteiger partial charge in [0.2, 0.25) is 0 Å². The van der Waals surface area contributed by atoms with Crippen LogP contribution in [0.2, 0.25) is 0 Å². The van der Waals surface area contributed by atoms with Gasteiger partial charge in [-0.2, -0.15) is 0 Å². The maximum atomic E-state index is 11.6. The molecule has 0 unspecified atom stereocenters. The van der Waals surface area contributed by atoms with E-state index in [-0.39, 0.29) is 11.5 Å². The number of ether oxygens (including phenoxy) is 1. The summed E-state index contributed by atoms with van der Waals surface area (Å²) in [6, 6.07) is 0. The summed E-state index contributed by atoms with van der Waals surface area (Å²) in [5.74, 6) is -0.126. The van der Waals surface area contributed by atoms with E-state index in [1.165, 1.54) is 7.11 Å². The van der Waals surface area contributed by atoms with E-state index in [1.807, 2.05) is 20.9 Å². The molecule has 1 N–H and O–H groups in total. The number of hydrogen-bond acceptors (Lipinski definition) is 4. The maximum absolute atomic E-state index is 11.6. The average molecular weight is 242 g/mol. The first-order chi connectivity index (χ1) is 7.83. The van der Waals surface area contributed by atoms with Crippen LogP contribution in [0, 0.1) is 5.41 Å². The number of carbonyl (C=O) groups excluding carboxylic acids is 1. The number of rotatable bonds is 4. The number of methoxy groups -OCH3 is 1. The zero-order valence-electron chi connectivity index (χ0n) is 11.8. The Kier molecular flexibility index (Phi) is 4.55. The molecule has 0 radical (unpaired) electrons. The topological polar surface area (TPSA) is 41.6 Å². The van der Waals surface area contributed by atoms with Gasteiger partial charge in [-0.3, -0.25) is 4.79 Å². The fourth-order valence-electron chi connectivity index (χ4n) is 2.35. The van der Waals surface area contributed by atoms with E-state index in [1.54, 1.807) is 0 Å². The first-order valence-electron chi connectivity index (χ1n) is 6.33. The second kappa shape index (κ2) is 5.36.